The first-order chi connectivity index (χ1) is 10.9. The van der Waals surface area contributed by atoms with Crippen molar-refractivity contribution in [3.8, 4) is 0 Å². The van der Waals surface area contributed by atoms with E-state index in [1.165, 1.54) is 12.8 Å². The van der Waals surface area contributed by atoms with Gasteiger partial charge in [0, 0.05) is 52.5 Å². The maximum Gasteiger partial charge on any atom is 0.191 e. The zero-order chi connectivity index (χ0) is 15.5. The summed E-state index contributed by atoms with van der Waals surface area (Å²) >= 11 is 0. The molecule has 6 nitrogen and oxygen atoms in total. The fraction of sp³-hybridized carbons (Fsp3) is 0.938. The lowest BCUT2D eigenvalue weighted by molar-refractivity contribution is 0.0389. The molecule has 0 amide bonds. The van der Waals surface area contributed by atoms with Crippen LogP contribution in [0.1, 0.15) is 26.2 Å². The van der Waals surface area contributed by atoms with E-state index in [1.807, 2.05) is 0 Å². The number of hydrogen-bond donors (Lipinski definition) is 2. The molecule has 0 aromatic rings. The van der Waals surface area contributed by atoms with E-state index in [4.69, 9.17) is 9.47 Å². The lowest BCUT2D eigenvalue weighted by Crippen LogP contribution is -2.44. The molecule has 0 unspecified atom stereocenters. The van der Waals surface area contributed by atoms with Crippen molar-refractivity contribution in [2.45, 2.75) is 26.2 Å². The van der Waals surface area contributed by atoms with Gasteiger partial charge in [0.15, 0.2) is 5.96 Å². The Hall–Kier alpha value is -0.850. The lowest BCUT2D eigenvalue weighted by atomic mass is 10.4. The molecule has 0 aromatic heterocycles. The largest absolute Gasteiger partial charge is 0.381 e. The predicted octanol–water partition coefficient (Wildman–Crippen LogP) is 0.690. The normalized spacial score (nSPS) is 20.1. The third-order valence-electron chi connectivity index (χ3n) is 3.94. The van der Waals surface area contributed by atoms with Gasteiger partial charge < -0.3 is 20.1 Å². The second kappa shape index (κ2) is 10.8. The Balaban J connectivity index is 1.52. The van der Waals surface area contributed by atoms with Crippen LogP contribution in [-0.4, -0.2) is 76.6 Å². The van der Waals surface area contributed by atoms with Crippen molar-refractivity contribution < 1.29 is 9.47 Å². The number of guanidine groups is 1. The Labute approximate surface area is 134 Å². The lowest BCUT2D eigenvalue weighted by Gasteiger charge is -2.26. The third kappa shape index (κ3) is 7.96. The fourth-order valence-corrected chi connectivity index (χ4v) is 2.39. The molecule has 22 heavy (non-hydrogen) atoms. The Kier molecular flexibility index (Phi) is 8.60. The molecule has 0 aromatic carbocycles. The van der Waals surface area contributed by atoms with E-state index in [0.717, 1.165) is 84.0 Å². The summed E-state index contributed by atoms with van der Waals surface area (Å²) in [7, 11) is 0. The van der Waals surface area contributed by atoms with Crippen molar-refractivity contribution in [1.82, 2.24) is 15.5 Å². The van der Waals surface area contributed by atoms with Crippen LogP contribution in [0.15, 0.2) is 4.99 Å². The van der Waals surface area contributed by atoms with E-state index in [0.29, 0.717) is 0 Å². The number of aliphatic imine (C=N–C) groups is 1. The summed E-state index contributed by atoms with van der Waals surface area (Å²) in [6, 6.07) is 0. The summed E-state index contributed by atoms with van der Waals surface area (Å²) in [6.07, 6.45) is 3.71. The zero-order valence-electron chi connectivity index (χ0n) is 14.0. The van der Waals surface area contributed by atoms with Crippen molar-refractivity contribution in [3.05, 3.63) is 0 Å². The van der Waals surface area contributed by atoms with Crippen LogP contribution in [0.25, 0.3) is 0 Å². The number of nitrogens with one attached hydrogen (secondary N) is 2. The van der Waals surface area contributed by atoms with Gasteiger partial charge in [-0.3, -0.25) is 9.89 Å². The van der Waals surface area contributed by atoms with E-state index in [2.05, 4.69) is 27.4 Å². The van der Waals surface area contributed by atoms with E-state index in [-0.39, 0.29) is 0 Å². The Morgan fingerprint density at radius 3 is 2.82 bits per heavy atom. The summed E-state index contributed by atoms with van der Waals surface area (Å²) in [5.74, 6) is 1.76. The molecule has 0 spiro atoms. The molecule has 2 N–H and O–H groups in total. The van der Waals surface area contributed by atoms with Gasteiger partial charge in [0.05, 0.1) is 13.2 Å². The second-order valence-corrected chi connectivity index (χ2v) is 6.01. The summed E-state index contributed by atoms with van der Waals surface area (Å²) in [6.45, 7) is 11.3. The van der Waals surface area contributed by atoms with Crippen LogP contribution >= 0.6 is 0 Å². The smallest absolute Gasteiger partial charge is 0.191 e. The van der Waals surface area contributed by atoms with Crippen molar-refractivity contribution in [1.29, 1.82) is 0 Å². The van der Waals surface area contributed by atoms with Gasteiger partial charge in [-0.1, -0.05) is 0 Å². The van der Waals surface area contributed by atoms with Crippen molar-refractivity contribution in [2.75, 3.05) is 65.7 Å². The van der Waals surface area contributed by atoms with Crippen LogP contribution in [0.3, 0.4) is 0 Å². The standard InChI is InChI=1S/C16H32N4O2/c1-2-17-16(18-6-3-11-22-14-15-4-5-15)19-7-8-20-9-12-21-13-10-20/h15H,2-14H2,1H3,(H2,17,18,19). The summed E-state index contributed by atoms with van der Waals surface area (Å²) in [4.78, 5) is 7.02. The molecule has 128 valence electrons. The van der Waals surface area contributed by atoms with Crippen LogP contribution < -0.4 is 10.6 Å². The van der Waals surface area contributed by atoms with Gasteiger partial charge in [-0.05, 0) is 32.1 Å². The molecule has 0 bridgehead atoms. The zero-order valence-corrected chi connectivity index (χ0v) is 14.0. The number of rotatable bonds is 10. The van der Waals surface area contributed by atoms with Gasteiger partial charge in [-0.2, -0.15) is 0 Å². The molecule has 2 aliphatic rings. The Morgan fingerprint density at radius 2 is 2.09 bits per heavy atom. The summed E-state index contributed by atoms with van der Waals surface area (Å²) in [5.41, 5.74) is 0. The Morgan fingerprint density at radius 1 is 1.27 bits per heavy atom. The van der Waals surface area contributed by atoms with Crippen molar-refractivity contribution in [2.24, 2.45) is 10.9 Å². The monoisotopic (exact) mass is 312 g/mol. The van der Waals surface area contributed by atoms with E-state index in [9.17, 15) is 0 Å². The number of morpholine rings is 1. The average molecular weight is 312 g/mol. The number of nitrogens with zero attached hydrogens (tertiary/aromatic N) is 2. The van der Waals surface area contributed by atoms with Crippen LogP contribution in [0, 0.1) is 5.92 Å². The molecule has 1 saturated heterocycles. The van der Waals surface area contributed by atoms with E-state index in [1.54, 1.807) is 0 Å². The Bertz CT molecular complexity index is 315. The highest BCUT2D eigenvalue weighted by Gasteiger charge is 2.20. The molecule has 1 heterocycles. The molecule has 1 aliphatic carbocycles. The quantitative estimate of drug-likeness (QED) is 0.353. The highest BCUT2D eigenvalue weighted by Crippen LogP contribution is 2.28. The molecular weight excluding hydrogens is 280 g/mol. The maximum absolute atomic E-state index is 5.63. The first kappa shape index (κ1) is 17.5. The van der Waals surface area contributed by atoms with E-state index < -0.39 is 0 Å². The first-order valence-corrected chi connectivity index (χ1v) is 8.78. The predicted molar refractivity (Wildman–Crippen MR) is 89.4 cm³/mol. The topological polar surface area (TPSA) is 58.1 Å². The molecule has 0 radical (unpaired) electrons. The molecule has 2 rings (SSSR count). The first-order valence-electron chi connectivity index (χ1n) is 8.78. The van der Waals surface area contributed by atoms with Gasteiger partial charge in [0.25, 0.3) is 0 Å². The van der Waals surface area contributed by atoms with Crippen LogP contribution in [-0.2, 0) is 9.47 Å². The number of hydrogen-bond acceptors (Lipinski definition) is 4. The van der Waals surface area contributed by atoms with Gasteiger partial charge in [-0.15, -0.1) is 0 Å². The molecular formula is C16H32N4O2. The molecule has 1 saturated carbocycles. The van der Waals surface area contributed by atoms with Crippen molar-refractivity contribution >= 4 is 5.96 Å². The highest BCUT2D eigenvalue weighted by atomic mass is 16.5. The van der Waals surface area contributed by atoms with Crippen LogP contribution in [0.2, 0.25) is 0 Å². The minimum atomic E-state index is 0.817. The minimum absolute atomic E-state index is 0.817. The fourth-order valence-electron chi connectivity index (χ4n) is 2.39. The summed E-state index contributed by atoms with van der Waals surface area (Å²) < 4.78 is 11.0. The number of ether oxygens (including phenoxy) is 2. The van der Waals surface area contributed by atoms with Gasteiger partial charge in [0.1, 0.15) is 0 Å². The van der Waals surface area contributed by atoms with Crippen LogP contribution in [0.4, 0.5) is 0 Å². The van der Waals surface area contributed by atoms with Crippen LogP contribution in [0.5, 0.6) is 0 Å². The second-order valence-electron chi connectivity index (χ2n) is 6.01. The maximum atomic E-state index is 5.63. The molecule has 2 fully saturated rings. The molecule has 0 atom stereocenters. The van der Waals surface area contributed by atoms with Crippen molar-refractivity contribution in [3.63, 3.8) is 0 Å². The summed E-state index contributed by atoms with van der Waals surface area (Å²) in [5, 5.41) is 6.70. The van der Waals surface area contributed by atoms with Gasteiger partial charge in [0.2, 0.25) is 0 Å². The molecule has 1 aliphatic heterocycles. The third-order valence-corrected chi connectivity index (χ3v) is 3.94. The van der Waals surface area contributed by atoms with E-state index >= 15 is 0 Å². The highest BCUT2D eigenvalue weighted by molar-refractivity contribution is 5.79. The average Bonchev–Trinajstić information content (AvgIpc) is 3.36. The van der Waals surface area contributed by atoms with Gasteiger partial charge >= 0.3 is 0 Å². The SMILES string of the molecule is CCNC(=NCCCOCC1CC1)NCCN1CCOCC1. The van der Waals surface area contributed by atoms with Gasteiger partial charge in [-0.25, -0.2) is 0 Å². The molecule has 6 heteroatoms. The minimum Gasteiger partial charge on any atom is -0.381 e.